The van der Waals surface area contributed by atoms with Gasteiger partial charge in [-0.1, -0.05) is 28.1 Å². The van der Waals surface area contributed by atoms with Gasteiger partial charge >= 0.3 is 6.61 Å². The van der Waals surface area contributed by atoms with E-state index < -0.39 is 18.5 Å². The second-order valence-electron chi connectivity index (χ2n) is 4.40. The summed E-state index contributed by atoms with van der Waals surface area (Å²) in [6.45, 7) is -2.89. The zero-order valence-electron chi connectivity index (χ0n) is 10.8. The van der Waals surface area contributed by atoms with Crippen LogP contribution in [0, 0.1) is 5.82 Å². The Morgan fingerprint density at radius 2 is 1.76 bits per heavy atom. The summed E-state index contributed by atoms with van der Waals surface area (Å²) in [5.74, 6) is -0.399. The van der Waals surface area contributed by atoms with Gasteiger partial charge in [-0.15, -0.1) is 0 Å². The van der Waals surface area contributed by atoms with Gasteiger partial charge in [-0.3, -0.25) is 0 Å². The summed E-state index contributed by atoms with van der Waals surface area (Å²) < 4.78 is 42.6. The molecule has 0 aliphatic carbocycles. The van der Waals surface area contributed by atoms with Crippen LogP contribution in [0.1, 0.15) is 17.2 Å². The van der Waals surface area contributed by atoms with Gasteiger partial charge in [0.2, 0.25) is 0 Å². The highest BCUT2D eigenvalue weighted by atomic mass is 79.9. The second kappa shape index (κ2) is 6.95. The summed E-state index contributed by atoms with van der Waals surface area (Å²) in [7, 11) is 0. The van der Waals surface area contributed by atoms with Gasteiger partial charge in [0.25, 0.3) is 0 Å². The summed E-state index contributed by atoms with van der Waals surface area (Å²) in [5, 5.41) is 10.1. The van der Waals surface area contributed by atoms with Crippen molar-refractivity contribution in [2.24, 2.45) is 0 Å². The van der Waals surface area contributed by atoms with Gasteiger partial charge in [0.05, 0.1) is 6.10 Å². The summed E-state index contributed by atoms with van der Waals surface area (Å²) in [4.78, 5) is 0. The lowest BCUT2D eigenvalue weighted by molar-refractivity contribution is -0.0498. The van der Waals surface area contributed by atoms with Crippen molar-refractivity contribution >= 4 is 15.9 Å². The predicted octanol–water partition coefficient (Wildman–Crippen LogP) is 4.47. The molecule has 2 aromatic carbocycles. The Morgan fingerprint density at radius 1 is 1.10 bits per heavy atom. The fourth-order valence-electron chi connectivity index (χ4n) is 1.90. The Bertz CT molecular complexity index is 602. The Balaban J connectivity index is 2.09. The molecule has 0 fully saturated rings. The average Bonchev–Trinajstić information content (AvgIpc) is 2.43. The van der Waals surface area contributed by atoms with E-state index in [1.165, 1.54) is 30.3 Å². The highest BCUT2D eigenvalue weighted by molar-refractivity contribution is 9.10. The zero-order valence-corrected chi connectivity index (χ0v) is 12.4. The Hall–Kier alpha value is -1.53. The third kappa shape index (κ3) is 4.47. The molecule has 0 heterocycles. The highest BCUT2D eigenvalue weighted by Gasteiger charge is 2.13. The van der Waals surface area contributed by atoms with Gasteiger partial charge in [-0.2, -0.15) is 8.78 Å². The molecule has 1 unspecified atom stereocenters. The normalized spacial score (nSPS) is 12.5. The molecular weight excluding hydrogens is 349 g/mol. The molecule has 0 saturated heterocycles. The third-order valence-corrected chi connectivity index (χ3v) is 3.40. The second-order valence-corrected chi connectivity index (χ2v) is 5.32. The lowest BCUT2D eigenvalue weighted by Crippen LogP contribution is -2.05. The number of hydrogen-bond acceptors (Lipinski definition) is 2. The topological polar surface area (TPSA) is 29.5 Å². The van der Waals surface area contributed by atoms with Crippen molar-refractivity contribution in [2.75, 3.05) is 0 Å². The van der Waals surface area contributed by atoms with Crippen molar-refractivity contribution in [1.82, 2.24) is 0 Å². The van der Waals surface area contributed by atoms with Crippen LogP contribution in [-0.4, -0.2) is 11.7 Å². The van der Waals surface area contributed by atoms with Gasteiger partial charge in [0.15, 0.2) is 0 Å². The summed E-state index contributed by atoms with van der Waals surface area (Å²) in [5.41, 5.74) is 0.862. The van der Waals surface area contributed by atoms with Crippen molar-refractivity contribution in [2.45, 2.75) is 19.1 Å². The number of benzene rings is 2. The van der Waals surface area contributed by atoms with Crippen LogP contribution in [-0.2, 0) is 6.42 Å². The van der Waals surface area contributed by atoms with Gasteiger partial charge in [0, 0.05) is 10.9 Å². The monoisotopic (exact) mass is 360 g/mol. The first-order valence-corrected chi connectivity index (χ1v) is 6.92. The quantitative estimate of drug-likeness (QED) is 0.852. The lowest BCUT2D eigenvalue weighted by Gasteiger charge is -2.13. The van der Waals surface area contributed by atoms with E-state index in [0.717, 1.165) is 0 Å². The number of aliphatic hydroxyl groups excluding tert-OH is 1. The van der Waals surface area contributed by atoms with Crippen molar-refractivity contribution in [3.63, 3.8) is 0 Å². The molecule has 1 atom stereocenters. The molecule has 0 aliphatic rings. The molecule has 0 aliphatic heterocycles. The highest BCUT2D eigenvalue weighted by Crippen LogP contribution is 2.24. The molecule has 1 N–H and O–H groups in total. The molecule has 0 radical (unpaired) electrons. The lowest BCUT2D eigenvalue weighted by atomic mass is 10.0. The number of alkyl halides is 2. The van der Waals surface area contributed by atoms with E-state index in [-0.39, 0.29) is 12.2 Å². The van der Waals surface area contributed by atoms with E-state index in [9.17, 15) is 18.3 Å². The molecular formula is C15H12BrF3O2. The van der Waals surface area contributed by atoms with E-state index >= 15 is 0 Å². The van der Waals surface area contributed by atoms with E-state index in [2.05, 4.69) is 20.7 Å². The van der Waals surface area contributed by atoms with Crippen molar-refractivity contribution < 1.29 is 23.0 Å². The maximum atomic E-state index is 13.6. The van der Waals surface area contributed by atoms with Crippen molar-refractivity contribution in [1.29, 1.82) is 0 Å². The van der Waals surface area contributed by atoms with Crippen LogP contribution in [0.3, 0.4) is 0 Å². The molecule has 112 valence electrons. The predicted molar refractivity (Wildman–Crippen MR) is 75.8 cm³/mol. The zero-order chi connectivity index (χ0) is 15.4. The Labute approximate surface area is 128 Å². The number of hydrogen-bond donors (Lipinski definition) is 1. The van der Waals surface area contributed by atoms with Crippen molar-refractivity contribution in [3.8, 4) is 5.75 Å². The van der Waals surface area contributed by atoms with E-state index in [0.29, 0.717) is 15.6 Å². The van der Waals surface area contributed by atoms with Gasteiger partial charge < -0.3 is 9.84 Å². The maximum absolute atomic E-state index is 13.6. The van der Waals surface area contributed by atoms with Crippen LogP contribution in [0.5, 0.6) is 5.75 Å². The van der Waals surface area contributed by atoms with Gasteiger partial charge in [-0.25, -0.2) is 4.39 Å². The largest absolute Gasteiger partial charge is 0.435 e. The number of halogens is 4. The number of aliphatic hydroxyl groups is 1. The Kier molecular flexibility index (Phi) is 5.25. The van der Waals surface area contributed by atoms with Gasteiger partial charge in [0.1, 0.15) is 11.6 Å². The fourth-order valence-corrected chi connectivity index (χ4v) is 2.31. The molecule has 0 aromatic heterocycles. The average molecular weight is 361 g/mol. The smallest absolute Gasteiger partial charge is 0.387 e. The first kappa shape index (κ1) is 15.9. The van der Waals surface area contributed by atoms with Crippen LogP contribution in [0.15, 0.2) is 46.9 Å². The SMILES string of the molecule is OC(Cc1cc(Br)ccc1F)c1ccc(OC(F)F)cc1. The number of rotatable bonds is 5. The van der Waals surface area contributed by atoms with Crippen LogP contribution in [0.4, 0.5) is 13.2 Å². The summed E-state index contributed by atoms with van der Waals surface area (Å²) in [6.07, 6.45) is -0.852. The standard InChI is InChI=1S/C15H12BrF3O2/c16-11-3-6-13(17)10(7-11)8-14(20)9-1-4-12(5-2-9)21-15(18)19/h1-7,14-15,20H,8H2. The van der Waals surface area contributed by atoms with E-state index in [4.69, 9.17) is 0 Å². The fraction of sp³-hybridized carbons (Fsp3) is 0.200. The van der Waals surface area contributed by atoms with Crippen LogP contribution in [0.2, 0.25) is 0 Å². The molecule has 2 nitrogen and oxygen atoms in total. The molecule has 0 saturated carbocycles. The van der Waals surface area contributed by atoms with Crippen LogP contribution >= 0.6 is 15.9 Å². The maximum Gasteiger partial charge on any atom is 0.387 e. The first-order chi connectivity index (χ1) is 9.95. The molecule has 0 bridgehead atoms. The molecule has 0 spiro atoms. The minimum Gasteiger partial charge on any atom is -0.435 e. The molecule has 21 heavy (non-hydrogen) atoms. The van der Waals surface area contributed by atoms with Crippen molar-refractivity contribution in [3.05, 3.63) is 63.9 Å². The van der Waals surface area contributed by atoms with Crippen LogP contribution < -0.4 is 4.74 Å². The van der Waals surface area contributed by atoms with E-state index in [1.54, 1.807) is 12.1 Å². The van der Waals surface area contributed by atoms with Gasteiger partial charge in [-0.05, 0) is 41.5 Å². The minimum absolute atomic E-state index is 0.00888. The molecule has 2 rings (SSSR count). The van der Waals surface area contributed by atoms with Crippen LogP contribution in [0.25, 0.3) is 0 Å². The first-order valence-electron chi connectivity index (χ1n) is 6.12. The molecule has 0 amide bonds. The summed E-state index contributed by atoms with van der Waals surface area (Å²) in [6, 6.07) is 10.1. The summed E-state index contributed by atoms with van der Waals surface area (Å²) >= 11 is 3.24. The molecule has 2 aromatic rings. The minimum atomic E-state index is -2.89. The molecule has 6 heteroatoms. The third-order valence-electron chi connectivity index (χ3n) is 2.91. The van der Waals surface area contributed by atoms with E-state index in [1.807, 2.05) is 0 Å². The number of ether oxygens (including phenoxy) is 1. The Morgan fingerprint density at radius 3 is 2.38 bits per heavy atom.